The highest BCUT2D eigenvalue weighted by Gasteiger charge is 2.61. The molecule has 3 fully saturated rings. The van der Waals surface area contributed by atoms with E-state index in [4.69, 9.17) is 4.74 Å². The first-order valence-electron chi connectivity index (χ1n) is 9.48. The first-order valence-corrected chi connectivity index (χ1v) is 10.3. The number of amides is 2. The van der Waals surface area contributed by atoms with Crippen molar-refractivity contribution in [2.24, 2.45) is 23.7 Å². The van der Waals surface area contributed by atoms with Crippen LogP contribution in [0, 0.1) is 23.7 Å². The van der Waals surface area contributed by atoms with Crippen molar-refractivity contribution in [3.05, 3.63) is 58.6 Å². The van der Waals surface area contributed by atoms with Gasteiger partial charge in [-0.25, -0.2) is 4.79 Å². The standard InChI is InChI=1S/C22H18BrNO4/c23-15-6-8-17(9-7-15)28-22(27)14-2-1-3-16(11-14)24-20(25)18-12-4-5-13(10-12)19(18)21(24)26/h1-3,6-9,11-13,18-19H,4-5,10H2/t12-,13-,18+,19+/m0/s1. The van der Waals surface area contributed by atoms with Crippen molar-refractivity contribution >= 4 is 39.4 Å². The van der Waals surface area contributed by atoms with E-state index in [9.17, 15) is 14.4 Å². The molecule has 6 heteroatoms. The van der Waals surface area contributed by atoms with E-state index < -0.39 is 5.97 Å². The number of carbonyl (C=O) groups excluding carboxylic acids is 3. The molecule has 2 saturated carbocycles. The Balaban J connectivity index is 1.40. The maximum absolute atomic E-state index is 13.0. The van der Waals surface area contributed by atoms with Crippen LogP contribution in [0.4, 0.5) is 5.69 Å². The van der Waals surface area contributed by atoms with Crippen LogP contribution in [0.5, 0.6) is 5.75 Å². The van der Waals surface area contributed by atoms with E-state index in [1.807, 2.05) is 0 Å². The van der Waals surface area contributed by atoms with Crippen LogP contribution in [0.25, 0.3) is 0 Å². The molecule has 5 rings (SSSR count). The molecule has 0 unspecified atom stereocenters. The zero-order chi connectivity index (χ0) is 19.4. The van der Waals surface area contributed by atoms with Crippen molar-refractivity contribution in [1.29, 1.82) is 0 Å². The minimum atomic E-state index is -0.525. The molecule has 142 valence electrons. The second-order valence-electron chi connectivity index (χ2n) is 7.79. The van der Waals surface area contributed by atoms with Gasteiger partial charge in [0, 0.05) is 4.47 Å². The van der Waals surface area contributed by atoms with Gasteiger partial charge in [0.15, 0.2) is 0 Å². The van der Waals surface area contributed by atoms with Crippen molar-refractivity contribution in [3.63, 3.8) is 0 Å². The van der Waals surface area contributed by atoms with Crippen LogP contribution < -0.4 is 9.64 Å². The van der Waals surface area contributed by atoms with Gasteiger partial charge in [0.1, 0.15) is 5.75 Å². The number of esters is 1. The Bertz CT molecular complexity index is 958. The van der Waals surface area contributed by atoms with E-state index in [0.29, 0.717) is 28.8 Å². The third-order valence-electron chi connectivity index (χ3n) is 6.29. The number of imide groups is 1. The Hall–Kier alpha value is -2.47. The van der Waals surface area contributed by atoms with Gasteiger partial charge in [0.05, 0.1) is 23.1 Å². The van der Waals surface area contributed by atoms with Gasteiger partial charge in [-0.15, -0.1) is 0 Å². The van der Waals surface area contributed by atoms with Crippen LogP contribution in [-0.2, 0) is 9.59 Å². The third-order valence-corrected chi connectivity index (χ3v) is 6.82. The SMILES string of the molecule is O=C(Oc1ccc(Br)cc1)c1cccc(N2C(=O)[C@@H]3[C@H]4CC[C@@H](C4)[C@H]3C2=O)c1. The molecule has 2 bridgehead atoms. The van der Waals surface area contributed by atoms with Crippen molar-refractivity contribution < 1.29 is 19.1 Å². The Morgan fingerprint density at radius 1 is 0.964 bits per heavy atom. The number of fused-ring (bicyclic) bond motifs is 5. The fourth-order valence-electron chi connectivity index (χ4n) is 5.10. The maximum atomic E-state index is 13.0. The largest absolute Gasteiger partial charge is 0.423 e. The summed E-state index contributed by atoms with van der Waals surface area (Å²) < 4.78 is 6.29. The van der Waals surface area contributed by atoms with E-state index in [1.54, 1.807) is 48.5 Å². The topological polar surface area (TPSA) is 63.7 Å². The summed E-state index contributed by atoms with van der Waals surface area (Å²) in [5, 5.41) is 0. The highest BCUT2D eigenvalue weighted by molar-refractivity contribution is 9.10. The van der Waals surface area contributed by atoms with Gasteiger partial charge in [0.2, 0.25) is 11.8 Å². The average molecular weight is 440 g/mol. The Morgan fingerprint density at radius 3 is 2.25 bits per heavy atom. The number of rotatable bonds is 3. The number of nitrogens with zero attached hydrogens (tertiary/aromatic N) is 1. The van der Waals surface area contributed by atoms with Gasteiger partial charge < -0.3 is 4.74 Å². The van der Waals surface area contributed by atoms with E-state index in [-0.39, 0.29) is 23.7 Å². The summed E-state index contributed by atoms with van der Waals surface area (Å²) in [6, 6.07) is 13.5. The predicted octanol–water partition coefficient (Wildman–Crippen LogP) is 4.20. The van der Waals surface area contributed by atoms with Crippen LogP contribution in [0.1, 0.15) is 29.6 Å². The molecule has 2 aliphatic carbocycles. The van der Waals surface area contributed by atoms with Crippen molar-refractivity contribution in [2.45, 2.75) is 19.3 Å². The van der Waals surface area contributed by atoms with Gasteiger partial charge in [-0.05, 0) is 73.6 Å². The van der Waals surface area contributed by atoms with E-state index in [1.165, 1.54) is 4.90 Å². The molecule has 0 aromatic heterocycles. The molecule has 2 aromatic rings. The maximum Gasteiger partial charge on any atom is 0.343 e. The second kappa shape index (κ2) is 6.55. The lowest BCUT2D eigenvalue weighted by atomic mass is 9.81. The lowest BCUT2D eigenvalue weighted by molar-refractivity contribution is -0.123. The molecule has 1 heterocycles. The van der Waals surface area contributed by atoms with Gasteiger partial charge in [-0.2, -0.15) is 0 Å². The quantitative estimate of drug-likeness (QED) is 0.408. The summed E-state index contributed by atoms with van der Waals surface area (Å²) >= 11 is 3.34. The molecule has 3 aliphatic rings. The third kappa shape index (κ3) is 2.70. The second-order valence-corrected chi connectivity index (χ2v) is 8.71. The normalized spacial score (nSPS) is 28.0. The van der Waals surface area contributed by atoms with Crippen LogP contribution in [0.15, 0.2) is 53.0 Å². The highest BCUT2D eigenvalue weighted by atomic mass is 79.9. The number of carbonyl (C=O) groups is 3. The van der Waals surface area contributed by atoms with Gasteiger partial charge >= 0.3 is 5.97 Å². The van der Waals surface area contributed by atoms with Crippen molar-refractivity contribution in [1.82, 2.24) is 0 Å². The zero-order valence-corrected chi connectivity index (χ0v) is 16.6. The summed E-state index contributed by atoms with van der Waals surface area (Å²) in [6.07, 6.45) is 3.08. The van der Waals surface area contributed by atoms with E-state index in [0.717, 1.165) is 23.7 Å². The summed E-state index contributed by atoms with van der Waals surface area (Å²) in [4.78, 5) is 39.8. The van der Waals surface area contributed by atoms with Crippen molar-refractivity contribution in [2.75, 3.05) is 4.90 Å². The summed E-state index contributed by atoms with van der Waals surface area (Å²) in [7, 11) is 0. The smallest absolute Gasteiger partial charge is 0.343 e. The number of ether oxygens (including phenoxy) is 1. The van der Waals surface area contributed by atoms with Crippen molar-refractivity contribution in [3.8, 4) is 5.75 Å². The summed E-state index contributed by atoms with van der Waals surface area (Å²) in [5.41, 5.74) is 0.759. The lowest BCUT2D eigenvalue weighted by Crippen LogP contribution is -2.32. The van der Waals surface area contributed by atoms with Gasteiger partial charge in [-0.3, -0.25) is 14.5 Å². The Kier molecular flexibility index (Phi) is 4.12. The number of anilines is 1. The number of halogens is 1. The fraction of sp³-hybridized carbons (Fsp3) is 0.318. The van der Waals surface area contributed by atoms with Crippen LogP contribution in [-0.4, -0.2) is 17.8 Å². The zero-order valence-electron chi connectivity index (χ0n) is 15.0. The molecule has 0 radical (unpaired) electrons. The number of benzene rings is 2. The number of hydrogen-bond acceptors (Lipinski definition) is 4. The molecule has 0 spiro atoms. The minimum absolute atomic E-state index is 0.111. The molecule has 0 N–H and O–H groups in total. The van der Waals surface area contributed by atoms with Gasteiger partial charge in [-0.1, -0.05) is 22.0 Å². The average Bonchev–Trinajstić information content (AvgIpc) is 3.37. The molecule has 4 atom stereocenters. The van der Waals surface area contributed by atoms with Crippen LogP contribution >= 0.6 is 15.9 Å². The molecular weight excluding hydrogens is 422 g/mol. The molecule has 5 nitrogen and oxygen atoms in total. The predicted molar refractivity (Wildman–Crippen MR) is 106 cm³/mol. The first kappa shape index (κ1) is 17.6. The monoisotopic (exact) mass is 439 g/mol. The van der Waals surface area contributed by atoms with E-state index >= 15 is 0 Å². The molecule has 28 heavy (non-hydrogen) atoms. The molecule has 1 aliphatic heterocycles. The van der Waals surface area contributed by atoms with Crippen LogP contribution in [0.2, 0.25) is 0 Å². The molecule has 1 saturated heterocycles. The lowest BCUT2D eigenvalue weighted by Gasteiger charge is -2.19. The summed E-state index contributed by atoms with van der Waals surface area (Å²) in [6.45, 7) is 0. The van der Waals surface area contributed by atoms with E-state index in [2.05, 4.69) is 15.9 Å². The Morgan fingerprint density at radius 2 is 1.61 bits per heavy atom. The molecular formula is C22H18BrNO4. The van der Waals surface area contributed by atoms with Gasteiger partial charge in [0.25, 0.3) is 0 Å². The minimum Gasteiger partial charge on any atom is -0.423 e. The molecule has 2 amide bonds. The van der Waals surface area contributed by atoms with Crippen LogP contribution in [0.3, 0.4) is 0 Å². The molecule has 2 aromatic carbocycles. The first-order chi connectivity index (χ1) is 13.5. The summed E-state index contributed by atoms with van der Waals surface area (Å²) in [5.74, 6) is 0.000993. The number of hydrogen-bond donors (Lipinski definition) is 0. The highest BCUT2D eigenvalue weighted by Crippen LogP contribution is 2.56. The Labute approximate surface area is 170 Å². The fourth-order valence-corrected chi connectivity index (χ4v) is 5.37.